The molecule has 1 aliphatic rings. The Morgan fingerprint density at radius 1 is 1.14 bits per heavy atom. The highest BCUT2D eigenvalue weighted by molar-refractivity contribution is 7.89. The largest absolute Gasteiger partial charge is 0.454 e. The van der Waals surface area contributed by atoms with Crippen LogP contribution in [0.1, 0.15) is 0 Å². The van der Waals surface area contributed by atoms with Crippen LogP contribution in [0.5, 0.6) is 11.5 Å². The minimum absolute atomic E-state index is 0.0110. The van der Waals surface area contributed by atoms with E-state index in [-0.39, 0.29) is 29.8 Å². The van der Waals surface area contributed by atoms with E-state index in [0.717, 1.165) is 10.4 Å². The summed E-state index contributed by atoms with van der Waals surface area (Å²) in [6.45, 7) is 0.834. The number of amides is 3. The number of halogens is 2. The van der Waals surface area contributed by atoms with Crippen LogP contribution < -0.4 is 10.5 Å². The number of carbonyl (C=O) groups is 2. The van der Waals surface area contributed by atoms with Crippen LogP contribution in [0.2, 0.25) is 5.02 Å². The average molecular weight is 529 g/mol. The van der Waals surface area contributed by atoms with Crippen LogP contribution in [-0.2, 0) is 19.6 Å². The maximum Gasteiger partial charge on any atom is 0.319 e. The van der Waals surface area contributed by atoms with Crippen molar-refractivity contribution in [1.82, 2.24) is 14.1 Å². The summed E-state index contributed by atoms with van der Waals surface area (Å²) in [6, 6.07) is 9.06. The van der Waals surface area contributed by atoms with Crippen molar-refractivity contribution in [2.75, 3.05) is 53.0 Å². The van der Waals surface area contributed by atoms with Crippen molar-refractivity contribution in [2.45, 2.75) is 4.90 Å². The molecule has 13 heteroatoms. The predicted octanol–water partition coefficient (Wildman–Crippen LogP) is 2.13. The van der Waals surface area contributed by atoms with E-state index in [1.807, 2.05) is 0 Å². The van der Waals surface area contributed by atoms with E-state index in [0.29, 0.717) is 37.1 Å². The zero-order valence-electron chi connectivity index (χ0n) is 19.0. The van der Waals surface area contributed by atoms with Gasteiger partial charge in [0.2, 0.25) is 15.9 Å². The monoisotopic (exact) mass is 528 g/mol. The molecule has 0 atom stereocenters. The fourth-order valence-corrected chi connectivity index (χ4v) is 4.85. The molecule has 0 bridgehead atoms. The molecule has 3 rings (SSSR count). The number of morpholine rings is 1. The van der Waals surface area contributed by atoms with Crippen LogP contribution in [-0.4, -0.2) is 87.4 Å². The number of benzene rings is 2. The second-order valence-electron chi connectivity index (χ2n) is 7.76. The van der Waals surface area contributed by atoms with Gasteiger partial charge in [0.1, 0.15) is 5.75 Å². The summed E-state index contributed by atoms with van der Waals surface area (Å²) in [5.41, 5.74) is 5.25. The van der Waals surface area contributed by atoms with Crippen molar-refractivity contribution in [3.8, 4) is 11.5 Å². The van der Waals surface area contributed by atoms with E-state index in [4.69, 9.17) is 26.8 Å². The molecule has 0 unspecified atom stereocenters. The zero-order chi connectivity index (χ0) is 25.6. The van der Waals surface area contributed by atoms with Crippen molar-refractivity contribution in [1.29, 1.82) is 0 Å². The SMILES string of the molecule is CN(CCN(CC(N)=O)S(=O)(=O)c1ccc(Oc2ccc(Cl)cc2)c(F)c1)C(=O)N1CCOCC1. The Balaban J connectivity index is 1.73. The van der Waals surface area contributed by atoms with Crippen molar-refractivity contribution in [3.05, 3.63) is 53.3 Å². The van der Waals surface area contributed by atoms with Gasteiger partial charge in [-0.25, -0.2) is 17.6 Å². The predicted molar refractivity (Wildman–Crippen MR) is 126 cm³/mol. The summed E-state index contributed by atoms with van der Waals surface area (Å²) in [6.07, 6.45) is 0. The number of nitrogens with two attached hydrogens (primary N) is 1. The number of nitrogens with zero attached hydrogens (tertiary/aromatic N) is 3. The second-order valence-corrected chi connectivity index (χ2v) is 10.1. The van der Waals surface area contributed by atoms with Gasteiger partial charge in [0.05, 0.1) is 24.7 Å². The molecule has 2 N–H and O–H groups in total. The molecule has 1 fully saturated rings. The lowest BCUT2D eigenvalue weighted by Crippen LogP contribution is -2.49. The van der Waals surface area contributed by atoms with Crippen LogP contribution >= 0.6 is 11.6 Å². The highest BCUT2D eigenvalue weighted by Crippen LogP contribution is 2.28. The van der Waals surface area contributed by atoms with Crippen molar-refractivity contribution < 1.29 is 31.9 Å². The number of rotatable bonds is 9. The van der Waals surface area contributed by atoms with Gasteiger partial charge >= 0.3 is 6.03 Å². The molecular formula is C22H26ClFN4O6S. The molecule has 0 spiro atoms. The summed E-state index contributed by atoms with van der Waals surface area (Å²) in [5, 5.41) is 0.478. The Labute approximate surface area is 208 Å². The molecule has 0 aromatic heterocycles. The third-order valence-corrected chi connectivity index (χ3v) is 7.30. The first-order valence-electron chi connectivity index (χ1n) is 10.7. The normalized spacial score (nSPS) is 14.1. The molecule has 0 aliphatic carbocycles. The minimum Gasteiger partial charge on any atom is -0.454 e. The van der Waals surface area contributed by atoms with Crippen LogP contribution in [0.4, 0.5) is 9.18 Å². The Bertz CT molecular complexity index is 1160. The first-order chi connectivity index (χ1) is 16.6. The summed E-state index contributed by atoms with van der Waals surface area (Å²) < 4.78 is 52.5. The second kappa shape index (κ2) is 11.7. The van der Waals surface area contributed by atoms with E-state index in [1.165, 1.54) is 36.2 Å². The fraction of sp³-hybridized carbons (Fsp3) is 0.364. The highest BCUT2D eigenvalue weighted by Gasteiger charge is 2.28. The topological polar surface area (TPSA) is 122 Å². The van der Waals surface area contributed by atoms with E-state index >= 15 is 0 Å². The summed E-state index contributed by atoms with van der Waals surface area (Å²) in [4.78, 5) is 26.7. The van der Waals surface area contributed by atoms with Gasteiger partial charge in [-0.1, -0.05) is 11.6 Å². The number of likely N-dealkylation sites (N-methyl/N-ethyl adjacent to an activating group) is 1. The summed E-state index contributed by atoms with van der Waals surface area (Å²) in [5.74, 6) is -1.69. The number of ether oxygens (including phenoxy) is 2. The molecule has 1 aliphatic heterocycles. The maximum absolute atomic E-state index is 14.7. The first-order valence-corrected chi connectivity index (χ1v) is 12.5. The number of primary amides is 1. The van der Waals surface area contributed by atoms with Crippen LogP contribution in [0.25, 0.3) is 0 Å². The fourth-order valence-electron chi connectivity index (χ4n) is 3.31. The van der Waals surface area contributed by atoms with Crippen LogP contribution in [0.3, 0.4) is 0 Å². The Morgan fingerprint density at radius 3 is 2.40 bits per heavy atom. The Hall–Kier alpha value is -2.93. The van der Waals surface area contributed by atoms with Crippen LogP contribution in [0, 0.1) is 5.82 Å². The lowest BCUT2D eigenvalue weighted by atomic mass is 10.3. The van der Waals surface area contributed by atoms with Gasteiger partial charge in [0, 0.05) is 38.2 Å². The minimum atomic E-state index is -4.31. The van der Waals surface area contributed by atoms with Gasteiger partial charge in [-0.3, -0.25) is 4.79 Å². The Morgan fingerprint density at radius 2 is 1.80 bits per heavy atom. The van der Waals surface area contributed by atoms with Gasteiger partial charge in [-0.05, 0) is 42.5 Å². The molecule has 2 aromatic carbocycles. The van der Waals surface area contributed by atoms with E-state index < -0.39 is 28.3 Å². The highest BCUT2D eigenvalue weighted by atomic mass is 35.5. The molecule has 2 aromatic rings. The average Bonchev–Trinajstić information content (AvgIpc) is 2.83. The van der Waals surface area contributed by atoms with Crippen LogP contribution in [0.15, 0.2) is 47.4 Å². The number of hydrogen-bond acceptors (Lipinski definition) is 6. The smallest absolute Gasteiger partial charge is 0.319 e. The van der Waals surface area contributed by atoms with Crippen molar-refractivity contribution >= 4 is 33.6 Å². The molecule has 190 valence electrons. The third-order valence-electron chi connectivity index (χ3n) is 5.21. The molecule has 10 nitrogen and oxygen atoms in total. The van der Waals surface area contributed by atoms with Gasteiger partial charge in [-0.2, -0.15) is 4.31 Å². The molecule has 0 radical (unpaired) electrons. The number of sulfonamides is 1. The number of carbonyl (C=O) groups excluding carboxylic acids is 2. The van der Waals surface area contributed by atoms with Gasteiger partial charge in [-0.15, -0.1) is 0 Å². The maximum atomic E-state index is 14.7. The molecule has 3 amide bonds. The third kappa shape index (κ3) is 7.04. The molecule has 1 heterocycles. The van der Waals surface area contributed by atoms with Crippen molar-refractivity contribution in [3.63, 3.8) is 0 Å². The first kappa shape index (κ1) is 26.7. The van der Waals surface area contributed by atoms with E-state index in [2.05, 4.69) is 0 Å². The number of hydrogen-bond donors (Lipinski definition) is 1. The molecule has 35 heavy (non-hydrogen) atoms. The van der Waals surface area contributed by atoms with Gasteiger partial charge in [0.15, 0.2) is 11.6 Å². The lowest BCUT2D eigenvalue weighted by molar-refractivity contribution is -0.118. The molecule has 1 saturated heterocycles. The quantitative estimate of drug-likeness (QED) is 0.532. The summed E-state index contributed by atoms with van der Waals surface area (Å²) >= 11 is 5.82. The van der Waals surface area contributed by atoms with Gasteiger partial charge < -0.3 is 25.0 Å². The number of urea groups is 1. The van der Waals surface area contributed by atoms with Gasteiger partial charge in [0.25, 0.3) is 0 Å². The van der Waals surface area contributed by atoms with E-state index in [9.17, 15) is 22.4 Å². The standard InChI is InChI=1S/C22H26ClFN4O6S/c1-26(22(30)27-10-12-33-13-11-27)8-9-28(15-21(25)29)35(31,32)18-6-7-20(19(24)14-18)34-17-4-2-16(23)3-5-17/h2-7,14H,8-13,15H2,1H3,(H2,25,29). The van der Waals surface area contributed by atoms with E-state index in [1.54, 1.807) is 17.0 Å². The zero-order valence-corrected chi connectivity index (χ0v) is 20.6. The Kier molecular flexibility index (Phi) is 8.89. The lowest BCUT2D eigenvalue weighted by Gasteiger charge is -2.32. The molecule has 0 saturated carbocycles. The summed E-state index contributed by atoms with van der Waals surface area (Å²) in [7, 11) is -2.79. The van der Waals surface area contributed by atoms with Crippen molar-refractivity contribution in [2.24, 2.45) is 5.73 Å². The molecular weight excluding hydrogens is 503 g/mol.